The summed E-state index contributed by atoms with van der Waals surface area (Å²) in [6, 6.07) is 0. The van der Waals surface area contributed by atoms with E-state index in [9.17, 15) is 4.79 Å². The average Bonchev–Trinajstić information content (AvgIpc) is 2.75. The van der Waals surface area contributed by atoms with Gasteiger partial charge >= 0.3 is 0 Å². The van der Waals surface area contributed by atoms with Crippen LogP contribution in [0.5, 0.6) is 0 Å². The average molecular weight is 313 g/mol. The summed E-state index contributed by atoms with van der Waals surface area (Å²) in [7, 11) is 3.32. The molecule has 0 bridgehead atoms. The molecule has 1 amide bonds. The summed E-state index contributed by atoms with van der Waals surface area (Å²) >= 11 is 0. The molecule has 0 spiro atoms. The Labute approximate surface area is 129 Å². The molecule has 0 aliphatic heterocycles. The molecule has 0 aromatic carbocycles. The number of nitrogens with zero attached hydrogens (tertiary/aromatic N) is 4. The second-order valence-electron chi connectivity index (χ2n) is 3.46. The SMILES string of the molecule is C[N-]C(=O)C(C)C(C)c1cn(C)nn1.[CH2-]C.[Y]. The molecule has 0 saturated carbocycles. The van der Waals surface area contributed by atoms with Gasteiger partial charge in [0, 0.05) is 57.8 Å². The van der Waals surface area contributed by atoms with Gasteiger partial charge in [-0.3, -0.25) is 4.68 Å². The van der Waals surface area contributed by atoms with Crippen LogP contribution in [0.4, 0.5) is 0 Å². The maximum absolute atomic E-state index is 11.3. The number of aromatic nitrogens is 3. The van der Waals surface area contributed by atoms with Gasteiger partial charge in [-0.25, -0.2) is 0 Å². The Bertz CT molecular complexity index is 327. The Morgan fingerprint density at radius 2 is 2.00 bits per heavy atom. The second-order valence-corrected chi connectivity index (χ2v) is 3.46. The Kier molecular flexibility index (Phi) is 10.9. The Morgan fingerprint density at radius 3 is 2.35 bits per heavy atom. The summed E-state index contributed by atoms with van der Waals surface area (Å²) < 4.78 is 1.63. The predicted octanol–water partition coefficient (Wildman–Crippen LogP) is 1.92. The van der Waals surface area contributed by atoms with Gasteiger partial charge in [0.05, 0.1) is 11.6 Å². The largest absolute Gasteiger partial charge is 0.656 e. The Balaban J connectivity index is 0. The first-order valence-electron chi connectivity index (χ1n) is 5.27. The molecule has 0 N–H and O–H groups in total. The van der Waals surface area contributed by atoms with E-state index in [1.54, 1.807) is 18.7 Å². The van der Waals surface area contributed by atoms with E-state index in [1.165, 1.54) is 7.05 Å². The fourth-order valence-electron chi connectivity index (χ4n) is 1.25. The molecule has 1 heterocycles. The molecule has 2 atom stereocenters. The molecule has 5 nitrogen and oxygen atoms in total. The number of hydrogen-bond donors (Lipinski definition) is 0. The Morgan fingerprint density at radius 1 is 1.47 bits per heavy atom. The van der Waals surface area contributed by atoms with E-state index >= 15 is 0 Å². The zero-order valence-electron chi connectivity index (χ0n) is 11.2. The van der Waals surface area contributed by atoms with Gasteiger partial charge in [0.1, 0.15) is 0 Å². The molecule has 95 valence electrons. The summed E-state index contributed by atoms with van der Waals surface area (Å²) in [5.74, 6) is -0.181. The summed E-state index contributed by atoms with van der Waals surface area (Å²) in [4.78, 5) is 11.3. The zero-order valence-corrected chi connectivity index (χ0v) is 14.1. The van der Waals surface area contributed by atoms with Gasteiger partial charge in [-0.05, 0) is 0 Å². The monoisotopic (exact) mass is 313 g/mol. The van der Waals surface area contributed by atoms with Crippen LogP contribution in [0.1, 0.15) is 32.4 Å². The molecule has 17 heavy (non-hydrogen) atoms. The van der Waals surface area contributed by atoms with Gasteiger partial charge in [-0.15, -0.1) is 12.1 Å². The van der Waals surface area contributed by atoms with Crippen LogP contribution in [0, 0.1) is 12.8 Å². The van der Waals surface area contributed by atoms with E-state index in [2.05, 4.69) is 22.6 Å². The molecular weight excluding hydrogens is 293 g/mol. The third-order valence-electron chi connectivity index (χ3n) is 2.45. The van der Waals surface area contributed by atoms with E-state index in [4.69, 9.17) is 0 Å². The van der Waals surface area contributed by atoms with Crippen LogP contribution in [0.15, 0.2) is 6.20 Å². The van der Waals surface area contributed by atoms with E-state index in [1.807, 2.05) is 20.0 Å². The van der Waals surface area contributed by atoms with Crippen molar-refractivity contribution in [2.45, 2.75) is 26.7 Å². The van der Waals surface area contributed by atoms with E-state index in [0.717, 1.165) is 5.69 Å². The van der Waals surface area contributed by atoms with Crippen LogP contribution in [0.25, 0.3) is 5.32 Å². The summed E-state index contributed by atoms with van der Waals surface area (Å²) in [5.41, 5.74) is 0.831. The van der Waals surface area contributed by atoms with Crippen molar-refractivity contribution in [3.8, 4) is 0 Å². The van der Waals surface area contributed by atoms with Crippen LogP contribution in [-0.4, -0.2) is 27.9 Å². The molecule has 1 aromatic heterocycles. The predicted molar refractivity (Wildman–Crippen MR) is 63.9 cm³/mol. The van der Waals surface area contributed by atoms with Gasteiger partial charge in [0.15, 0.2) is 0 Å². The van der Waals surface area contributed by atoms with Gasteiger partial charge in [0.25, 0.3) is 0 Å². The van der Waals surface area contributed by atoms with Crippen LogP contribution in [0.2, 0.25) is 0 Å². The molecule has 0 fully saturated rings. The molecule has 1 rings (SSSR count). The van der Waals surface area contributed by atoms with Crippen molar-refractivity contribution in [3.05, 3.63) is 24.1 Å². The van der Waals surface area contributed by atoms with E-state index < -0.39 is 0 Å². The van der Waals surface area contributed by atoms with Gasteiger partial charge < -0.3 is 17.0 Å². The van der Waals surface area contributed by atoms with Crippen molar-refractivity contribution in [2.24, 2.45) is 13.0 Å². The van der Waals surface area contributed by atoms with Crippen molar-refractivity contribution in [3.63, 3.8) is 0 Å². The minimum absolute atomic E-state index is 0. The molecule has 6 heteroatoms. The van der Waals surface area contributed by atoms with Crippen molar-refractivity contribution >= 4 is 5.91 Å². The van der Waals surface area contributed by atoms with Crippen LogP contribution >= 0.6 is 0 Å². The maximum Gasteiger partial charge on any atom is 0.0861 e. The molecular formula is C11H20N4OY-2. The Hall–Kier alpha value is -0.286. The van der Waals surface area contributed by atoms with Crippen molar-refractivity contribution in [2.75, 3.05) is 7.05 Å². The number of rotatable bonds is 3. The van der Waals surface area contributed by atoms with E-state index in [0.29, 0.717) is 0 Å². The molecule has 0 saturated heterocycles. The third-order valence-corrected chi connectivity index (χ3v) is 2.45. The minimum atomic E-state index is -0.142. The number of aryl methyl sites for hydroxylation is 1. The summed E-state index contributed by atoms with van der Waals surface area (Å²) in [6.07, 6.45) is 1.82. The molecule has 2 unspecified atom stereocenters. The number of carbonyl (C=O) groups excluding carboxylic acids is 1. The third kappa shape index (κ3) is 5.73. The van der Waals surface area contributed by atoms with Gasteiger partial charge in [0.2, 0.25) is 0 Å². The fraction of sp³-hybridized carbons (Fsp3) is 0.636. The second kappa shape index (κ2) is 9.71. The first-order chi connectivity index (χ1) is 7.56. The van der Waals surface area contributed by atoms with Crippen LogP contribution < -0.4 is 0 Å². The summed E-state index contributed by atoms with van der Waals surface area (Å²) in [6.45, 7) is 8.81. The molecule has 1 radical (unpaired) electrons. The smallest absolute Gasteiger partial charge is 0.0861 e. The van der Waals surface area contributed by atoms with Crippen molar-refractivity contribution in [1.82, 2.24) is 15.0 Å². The first-order valence-corrected chi connectivity index (χ1v) is 5.27. The fourth-order valence-corrected chi connectivity index (χ4v) is 1.25. The van der Waals surface area contributed by atoms with E-state index in [-0.39, 0.29) is 50.5 Å². The standard InChI is InChI=1S/C9H16N4O.C2H5.Y/c1-6(7(2)9(14)10-3)8-5-13(4)12-11-8;1-2;/h5-7H,1-4H3,(H,10,14);1H2,2H3;/q;-1;/p-1. The molecule has 1 aromatic rings. The van der Waals surface area contributed by atoms with Crippen molar-refractivity contribution < 1.29 is 37.5 Å². The van der Waals surface area contributed by atoms with Crippen LogP contribution in [0.3, 0.4) is 0 Å². The number of amides is 1. The van der Waals surface area contributed by atoms with Gasteiger partial charge in [-0.1, -0.05) is 19.1 Å². The van der Waals surface area contributed by atoms with Crippen molar-refractivity contribution in [1.29, 1.82) is 0 Å². The minimum Gasteiger partial charge on any atom is -0.656 e. The van der Waals surface area contributed by atoms with Crippen LogP contribution in [-0.2, 0) is 44.6 Å². The molecule has 0 aliphatic rings. The maximum atomic E-state index is 11.3. The quantitative estimate of drug-likeness (QED) is 0.801. The summed E-state index contributed by atoms with van der Waals surface area (Å²) in [5, 5.41) is 11.5. The molecule has 0 aliphatic carbocycles. The topological polar surface area (TPSA) is 61.9 Å². The van der Waals surface area contributed by atoms with Gasteiger partial charge in [-0.2, -0.15) is 6.92 Å². The number of carbonyl (C=O) groups is 1. The first kappa shape index (κ1) is 19.1. The number of hydrogen-bond acceptors (Lipinski definition) is 3. The normalized spacial score (nSPS) is 12.6. The zero-order chi connectivity index (χ0) is 12.7.